The molecule has 37 heavy (non-hydrogen) atoms. The second-order valence-corrected chi connectivity index (χ2v) is 11.1. The Hall–Kier alpha value is -3.16. The SMILES string of the molecule is C[C@H]1C2=C(/C=C\CC=NC(Nc3cccc(Cc4ccccc4)c3)=NC2)SC1C(=O)N1CCN(C)CC1. The first-order chi connectivity index (χ1) is 18.1. The van der Waals surface area contributed by atoms with Crippen molar-refractivity contribution in [2.45, 2.75) is 25.0 Å². The summed E-state index contributed by atoms with van der Waals surface area (Å²) in [6, 6.07) is 18.9. The molecule has 0 saturated carbocycles. The van der Waals surface area contributed by atoms with Gasteiger partial charge in [-0.25, -0.2) is 9.98 Å². The topological polar surface area (TPSA) is 60.3 Å². The van der Waals surface area contributed by atoms with Crippen LogP contribution in [0.25, 0.3) is 0 Å². The molecule has 1 N–H and O–H groups in total. The number of nitrogens with one attached hydrogen (secondary N) is 1. The molecular formula is C30H35N5OS. The number of hydrogen-bond donors (Lipinski definition) is 1. The van der Waals surface area contributed by atoms with Crippen LogP contribution in [0, 0.1) is 5.92 Å². The molecule has 2 aromatic carbocycles. The first-order valence-corrected chi connectivity index (χ1v) is 14.0. The van der Waals surface area contributed by atoms with Crippen LogP contribution >= 0.6 is 11.8 Å². The molecule has 0 spiro atoms. The summed E-state index contributed by atoms with van der Waals surface area (Å²) in [5.74, 6) is 1.000. The number of benzene rings is 2. The fourth-order valence-electron chi connectivity index (χ4n) is 4.93. The predicted molar refractivity (Wildman–Crippen MR) is 156 cm³/mol. The Morgan fingerprint density at radius 3 is 2.65 bits per heavy atom. The molecule has 1 saturated heterocycles. The molecule has 0 bridgehead atoms. The van der Waals surface area contributed by atoms with Crippen molar-refractivity contribution in [1.29, 1.82) is 0 Å². The molecule has 0 radical (unpaired) electrons. The summed E-state index contributed by atoms with van der Waals surface area (Å²) >= 11 is 1.71. The maximum Gasteiger partial charge on any atom is 0.236 e. The monoisotopic (exact) mass is 513 g/mol. The number of thioether (sulfide) groups is 1. The molecule has 1 fully saturated rings. The van der Waals surface area contributed by atoms with E-state index in [1.807, 2.05) is 17.2 Å². The summed E-state index contributed by atoms with van der Waals surface area (Å²) in [5.41, 5.74) is 4.72. The second kappa shape index (κ2) is 11.9. The van der Waals surface area contributed by atoms with E-state index >= 15 is 0 Å². The number of guanidine groups is 1. The number of carbonyl (C=O) groups excluding carboxylic acids is 1. The molecule has 7 heteroatoms. The van der Waals surface area contributed by atoms with Gasteiger partial charge in [-0.2, -0.15) is 0 Å². The van der Waals surface area contributed by atoms with Crippen molar-refractivity contribution >= 4 is 35.5 Å². The molecule has 0 aromatic heterocycles. The van der Waals surface area contributed by atoms with Crippen molar-refractivity contribution in [1.82, 2.24) is 9.80 Å². The fraction of sp³-hybridized carbons (Fsp3) is 0.367. The van der Waals surface area contributed by atoms with Crippen LogP contribution in [-0.2, 0) is 11.2 Å². The third-order valence-corrected chi connectivity index (χ3v) is 8.71. The summed E-state index contributed by atoms with van der Waals surface area (Å²) in [6.45, 7) is 6.20. The summed E-state index contributed by atoms with van der Waals surface area (Å²) in [5, 5.41) is 3.34. The standard InChI is InChI=1S/C30H35N5OS/c1-22-26-21-32-30(33-25-12-8-11-24(20-25)19-23-9-4-3-5-10-23)31-14-7-6-13-27(26)37-28(22)29(36)35-17-15-34(2)16-18-35/h3-6,8-14,20,22,28H,7,15-19,21H2,1-2H3,(H,32,33)/b13-6-,31-14?/t22-,28?/m0/s1. The quantitative estimate of drug-likeness (QED) is 0.635. The van der Waals surface area contributed by atoms with Crippen LogP contribution in [0.15, 0.2) is 87.2 Å². The van der Waals surface area contributed by atoms with Crippen LogP contribution in [-0.4, -0.2) is 72.9 Å². The van der Waals surface area contributed by atoms with Crippen LogP contribution in [0.4, 0.5) is 5.69 Å². The van der Waals surface area contributed by atoms with Crippen molar-refractivity contribution in [2.24, 2.45) is 15.9 Å². The van der Waals surface area contributed by atoms with Crippen molar-refractivity contribution in [2.75, 3.05) is 45.1 Å². The van der Waals surface area contributed by atoms with E-state index in [1.54, 1.807) is 11.8 Å². The largest absolute Gasteiger partial charge is 0.339 e. The van der Waals surface area contributed by atoms with E-state index in [4.69, 9.17) is 4.99 Å². The van der Waals surface area contributed by atoms with Crippen molar-refractivity contribution in [3.63, 3.8) is 0 Å². The van der Waals surface area contributed by atoms with Crippen molar-refractivity contribution in [3.05, 3.63) is 88.4 Å². The van der Waals surface area contributed by atoms with Gasteiger partial charge in [-0.1, -0.05) is 61.5 Å². The van der Waals surface area contributed by atoms with Gasteiger partial charge >= 0.3 is 0 Å². The van der Waals surface area contributed by atoms with Crippen LogP contribution < -0.4 is 5.32 Å². The number of likely N-dealkylation sites (N-methyl/N-ethyl adjacent to an activating group) is 1. The number of carbonyl (C=O) groups is 1. The van der Waals surface area contributed by atoms with E-state index in [1.165, 1.54) is 21.6 Å². The number of amides is 1. The first kappa shape index (κ1) is 25.5. The van der Waals surface area contributed by atoms with E-state index in [-0.39, 0.29) is 17.1 Å². The molecule has 3 aliphatic heterocycles. The summed E-state index contributed by atoms with van der Waals surface area (Å²) < 4.78 is 0. The van der Waals surface area contributed by atoms with Crippen LogP contribution in [0.5, 0.6) is 0 Å². The molecule has 5 rings (SSSR count). The Kier molecular flexibility index (Phi) is 8.21. The summed E-state index contributed by atoms with van der Waals surface area (Å²) in [4.78, 5) is 28.4. The minimum Gasteiger partial charge on any atom is -0.339 e. The van der Waals surface area contributed by atoms with E-state index in [0.29, 0.717) is 12.5 Å². The van der Waals surface area contributed by atoms with Crippen LogP contribution in [0.1, 0.15) is 24.5 Å². The van der Waals surface area contributed by atoms with Gasteiger partial charge in [-0.3, -0.25) is 4.79 Å². The zero-order valence-electron chi connectivity index (χ0n) is 21.6. The smallest absolute Gasteiger partial charge is 0.236 e. The van der Waals surface area contributed by atoms with Gasteiger partial charge in [0.15, 0.2) is 0 Å². The molecule has 1 unspecified atom stereocenters. The Labute approximate surface area is 224 Å². The van der Waals surface area contributed by atoms with Gasteiger partial charge < -0.3 is 15.1 Å². The normalized spacial score (nSPS) is 23.4. The van der Waals surface area contributed by atoms with Gasteiger partial charge in [0.1, 0.15) is 0 Å². The lowest BCUT2D eigenvalue weighted by Crippen LogP contribution is -2.50. The minimum absolute atomic E-state index is 0.0824. The predicted octanol–water partition coefficient (Wildman–Crippen LogP) is 4.86. The van der Waals surface area contributed by atoms with E-state index in [2.05, 4.69) is 89.9 Å². The summed E-state index contributed by atoms with van der Waals surface area (Å²) in [6.07, 6.45) is 7.77. The fourth-order valence-corrected chi connectivity index (χ4v) is 6.40. The van der Waals surface area contributed by atoms with Gasteiger partial charge in [0.2, 0.25) is 11.9 Å². The van der Waals surface area contributed by atoms with Gasteiger partial charge in [-0.05, 0) is 42.3 Å². The Morgan fingerprint density at radius 2 is 1.84 bits per heavy atom. The maximum atomic E-state index is 13.4. The maximum absolute atomic E-state index is 13.4. The summed E-state index contributed by atoms with van der Waals surface area (Å²) in [7, 11) is 2.12. The third kappa shape index (κ3) is 6.40. The number of nitrogens with zero attached hydrogens (tertiary/aromatic N) is 4. The van der Waals surface area contributed by atoms with E-state index in [0.717, 1.165) is 44.7 Å². The third-order valence-electron chi connectivity index (χ3n) is 7.19. The molecule has 3 heterocycles. The number of piperazine rings is 1. The highest BCUT2D eigenvalue weighted by atomic mass is 32.2. The first-order valence-electron chi connectivity index (χ1n) is 13.1. The lowest BCUT2D eigenvalue weighted by molar-refractivity contribution is -0.132. The highest BCUT2D eigenvalue weighted by Crippen LogP contribution is 2.44. The zero-order chi connectivity index (χ0) is 25.6. The molecule has 6 nitrogen and oxygen atoms in total. The molecule has 0 aliphatic carbocycles. The number of allylic oxidation sites excluding steroid dienone is 2. The number of aliphatic imine (C=N–C) groups is 2. The van der Waals surface area contributed by atoms with Crippen molar-refractivity contribution < 1.29 is 4.79 Å². The highest BCUT2D eigenvalue weighted by molar-refractivity contribution is 8.04. The van der Waals surface area contributed by atoms with Crippen molar-refractivity contribution in [3.8, 4) is 0 Å². The second-order valence-electron chi connectivity index (χ2n) is 9.92. The van der Waals surface area contributed by atoms with Crippen LogP contribution in [0.3, 0.4) is 0 Å². The van der Waals surface area contributed by atoms with E-state index < -0.39 is 0 Å². The van der Waals surface area contributed by atoms with Gasteiger partial charge in [0, 0.05) is 55.3 Å². The van der Waals surface area contributed by atoms with E-state index in [9.17, 15) is 4.79 Å². The Morgan fingerprint density at radius 1 is 1.05 bits per heavy atom. The zero-order valence-corrected chi connectivity index (χ0v) is 22.5. The molecule has 2 aromatic rings. The van der Waals surface area contributed by atoms with Gasteiger partial charge in [-0.15, -0.1) is 11.8 Å². The molecule has 192 valence electrons. The molecule has 1 amide bonds. The number of hydrogen-bond acceptors (Lipinski definition) is 6. The highest BCUT2D eigenvalue weighted by Gasteiger charge is 2.39. The Balaban J connectivity index is 1.29. The van der Waals surface area contributed by atoms with Gasteiger partial charge in [0.05, 0.1) is 11.8 Å². The Bertz CT molecular complexity index is 1230. The number of rotatable bonds is 4. The molecular weight excluding hydrogens is 478 g/mol. The lowest BCUT2D eigenvalue weighted by Gasteiger charge is -2.34. The molecule has 3 aliphatic rings. The van der Waals surface area contributed by atoms with Gasteiger partial charge in [0.25, 0.3) is 0 Å². The average molecular weight is 514 g/mol. The minimum atomic E-state index is -0.0824. The molecule has 2 atom stereocenters. The average Bonchev–Trinajstić information content (AvgIpc) is 3.23. The lowest BCUT2D eigenvalue weighted by atomic mass is 9.96. The number of anilines is 1. The van der Waals surface area contributed by atoms with Crippen LogP contribution in [0.2, 0.25) is 0 Å².